The van der Waals surface area contributed by atoms with Crippen LogP contribution in [0.2, 0.25) is 0 Å². The Morgan fingerprint density at radius 1 is 1.07 bits per heavy atom. The Balaban J connectivity index is 0.000000169. The average Bonchev–Trinajstić information content (AvgIpc) is 2.99. The van der Waals surface area contributed by atoms with Gasteiger partial charge >= 0.3 is 0 Å². The Kier molecular flexibility index (Phi) is 5.69. The number of phenols is 1. The molecule has 0 unspecified atom stereocenters. The quantitative estimate of drug-likeness (QED) is 0.391. The number of hydrogen-bond donors (Lipinski definition) is 1. The molecule has 0 saturated carbocycles. The van der Waals surface area contributed by atoms with Crippen LogP contribution >= 0.6 is 11.3 Å². The Morgan fingerprint density at radius 3 is 2.43 bits per heavy atom. The number of hydrogen-bond acceptors (Lipinski definition) is 5. The molecule has 3 aromatic carbocycles. The lowest BCUT2D eigenvalue weighted by Crippen LogP contribution is -2.33. The first-order chi connectivity index (χ1) is 13.2. The van der Waals surface area contributed by atoms with Crippen LogP contribution in [0.5, 0.6) is 5.75 Å². The molecule has 0 fully saturated rings. The lowest BCUT2D eigenvalue weighted by Gasteiger charge is -2.09. The number of nitrogens with zero attached hydrogens (tertiary/aromatic N) is 1. The molecule has 1 N–H and O–H groups in total. The number of aryl methyl sites for hydroxylation is 3. The first-order valence-electron chi connectivity index (χ1n) is 8.78. The van der Waals surface area contributed by atoms with E-state index in [9.17, 15) is 13.0 Å². The second kappa shape index (κ2) is 7.87. The number of benzene rings is 3. The Morgan fingerprint density at radius 2 is 1.79 bits per heavy atom. The van der Waals surface area contributed by atoms with E-state index in [1.54, 1.807) is 0 Å². The van der Waals surface area contributed by atoms with E-state index in [2.05, 4.69) is 54.8 Å². The van der Waals surface area contributed by atoms with Crippen LogP contribution in [0.25, 0.3) is 21.0 Å². The predicted molar refractivity (Wildman–Crippen MR) is 111 cm³/mol. The van der Waals surface area contributed by atoms with Crippen molar-refractivity contribution in [1.82, 2.24) is 0 Å². The number of aromatic hydroxyl groups is 1. The summed E-state index contributed by atoms with van der Waals surface area (Å²) in [6.07, 6.45) is 0. The highest BCUT2D eigenvalue weighted by molar-refractivity contribution is 7.85. The minimum absolute atomic E-state index is 0.227. The number of aromatic nitrogens is 1. The van der Waals surface area contributed by atoms with Gasteiger partial charge in [0.1, 0.15) is 27.1 Å². The molecule has 0 radical (unpaired) electrons. The molecule has 0 aliphatic carbocycles. The van der Waals surface area contributed by atoms with Gasteiger partial charge in [-0.2, -0.15) is 4.57 Å². The van der Waals surface area contributed by atoms with Crippen LogP contribution in [0.3, 0.4) is 0 Å². The molecule has 0 aliphatic rings. The summed E-state index contributed by atoms with van der Waals surface area (Å²) in [6, 6.07) is 16.7. The standard InChI is InChI=1S/C14H14NS.C7H8O4S/c1-3-15-10(2)16-13-9-8-11-6-4-5-7-12(11)14(13)15;1-5-2-3-6(8)4-7(5)12(9,10)11/h4-9H,3H2,1-2H3;2-4,8H,1H3,(H,9,10,11)/q+1;/p-1. The third-order valence-corrected chi connectivity index (χ3v) is 6.57. The topological polar surface area (TPSA) is 81.3 Å². The zero-order chi connectivity index (χ0) is 20.5. The third kappa shape index (κ3) is 4.01. The van der Waals surface area contributed by atoms with Crippen LogP contribution < -0.4 is 4.57 Å². The van der Waals surface area contributed by atoms with Gasteiger partial charge in [0.05, 0.1) is 10.3 Å². The number of phenolic OH excluding ortho intramolecular Hbond substituents is 1. The van der Waals surface area contributed by atoms with Crippen molar-refractivity contribution in [1.29, 1.82) is 0 Å². The van der Waals surface area contributed by atoms with Crippen molar-refractivity contribution in [3.05, 3.63) is 65.2 Å². The van der Waals surface area contributed by atoms with E-state index >= 15 is 0 Å². The van der Waals surface area contributed by atoms with Crippen molar-refractivity contribution >= 4 is 42.4 Å². The Bertz CT molecular complexity index is 1260. The minimum Gasteiger partial charge on any atom is -0.744 e. The van der Waals surface area contributed by atoms with Crippen molar-refractivity contribution in [3.63, 3.8) is 0 Å². The van der Waals surface area contributed by atoms with Crippen LogP contribution in [0.15, 0.2) is 59.5 Å². The smallest absolute Gasteiger partial charge is 0.235 e. The van der Waals surface area contributed by atoms with E-state index in [-0.39, 0.29) is 10.6 Å². The molecule has 28 heavy (non-hydrogen) atoms. The zero-order valence-corrected chi connectivity index (χ0v) is 17.5. The van der Waals surface area contributed by atoms with E-state index in [0.29, 0.717) is 5.56 Å². The van der Waals surface area contributed by atoms with Crippen LogP contribution in [-0.4, -0.2) is 18.1 Å². The summed E-state index contributed by atoms with van der Waals surface area (Å²) in [4.78, 5) is -0.373. The summed E-state index contributed by atoms with van der Waals surface area (Å²) < 4.78 is 35.4. The summed E-state index contributed by atoms with van der Waals surface area (Å²) in [5, 5.41) is 13.0. The van der Waals surface area contributed by atoms with Gasteiger partial charge in [-0.3, -0.25) is 0 Å². The largest absolute Gasteiger partial charge is 0.744 e. The molecule has 1 heterocycles. The summed E-state index contributed by atoms with van der Waals surface area (Å²) in [6.45, 7) is 6.94. The second-order valence-electron chi connectivity index (χ2n) is 6.40. The highest BCUT2D eigenvalue weighted by Gasteiger charge is 2.17. The fraction of sp³-hybridized carbons (Fsp3) is 0.190. The van der Waals surface area contributed by atoms with Crippen LogP contribution in [0.4, 0.5) is 0 Å². The van der Waals surface area contributed by atoms with Gasteiger partial charge in [-0.05, 0) is 49.1 Å². The van der Waals surface area contributed by atoms with Crippen molar-refractivity contribution in [2.45, 2.75) is 32.2 Å². The fourth-order valence-corrected chi connectivity index (χ4v) is 5.04. The molecule has 1 aromatic heterocycles. The molecule has 4 aromatic rings. The van der Waals surface area contributed by atoms with Gasteiger partial charge in [0.15, 0.2) is 0 Å². The van der Waals surface area contributed by atoms with Crippen LogP contribution in [0, 0.1) is 13.8 Å². The molecule has 0 aliphatic heterocycles. The highest BCUT2D eigenvalue weighted by atomic mass is 32.2. The summed E-state index contributed by atoms with van der Waals surface area (Å²) in [5.41, 5.74) is 1.73. The van der Waals surface area contributed by atoms with Crippen molar-refractivity contribution in [2.75, 3.05) is 0 Å². The maximum absolute atomic E-state index is 10.5. The first-order valence-corrected chi connectivity index (χ1v) is 11.0. The van der Waals surface area contributed by atoms with Crippen LogP contribution in [0.1, 0.15) is 17.5 Å². The third-order valence-electron chi connectivity index (χ3n) is 4.53. The maximum Gasteiger partial charge on any atom is 0.235 e. The van der Waals surface area contributed by atoms with E-state index < -0.39 is 10.1 Å². The molecule has 0 saturated heterocycles. The zero-order valence-electron chi connectivity index (χ0n) is 15.8. The lowest BCUT2D eigenvalue weighted by atomic mass is 10.1. The molecule has 7 heteroatoms. The van der Waals surface area contributed by atoms with Crippen molar-refractivity contribution < 1.29 is 22.6 Å². The maximum atomic E-state index is 10.5. The second-order valence-corrected chi connectivity index (χ2v) is 8.99. The van der Waals surface area contributed by atoms with Gasteiger partial charge in [-0.25, -0.2) is 8.42 Å². The molecule has 0 amide bonds. The molecule has 4 rings (SSSR count). The van der Waals surface area contributed by atoms with Gasteiger partial charge in [-0.1, -0.05) is 41.7 Å². The minimum atomic E-state index is -4.47. The normalized spacial score (nSPS) is 11.4. The first kappa shape index (κ1) is 20.3. The van der Waals surface area contributed by atoms with Crippen LogP contribution in [-0.2, 0) is 16.7 Å². The van der Waals surface area contributed by atoms with Gasteiger partial charge in [-0.15, -0.1) is 0 Å². The van der Waals surface area contributed by atoms with E-state index in [1.807, 2.05) is 11.3 Å². The van der Waals surface area contributed by atoms with Crippen molar-refractivity contribution in [2.24, 2.45) is 0 Å². The van der Waals surface area contributed by atoms with E-state index in [0.717, 1.165) is 12.6 Å². The Labute approximate surface area is 168 Å². The Hall–Kier alpha value is -2.48. The van der Waals surface area contributed by atoms with Crippen molar-refractivity contribution in [3.8, 4) is 5.75 Å². The fourth-order valence-electron chi connectivity index (χ4n) is 3.21. The van der Waals surface area contributed by atoms with Gasteiger partial charge < -0.3 is 9.66 Å². The number of rotatable bonds is 2. The molecule has 5 nitrogen and oxygen atoms in total. The number of fused-ring (bicyclic) bond motifs is 3. The van der Waals surface area contributed by atoms with Gasteiger partial charge in [0.2, 0.25) is 10.5 Å². The predicted octanol–water partition coefficient (Wildman–Crippen LogP) is 4.28. The summed E-state index contributed by atoms with van der Waals surface area (Å²) in [5.74, 6) is -0.227. The monoisotopic (exact) mass is 415 g/mol. The molecular formula is C21H21NO4S2. The summed E-state index contributed by atoms with van der Waals surface area (Å²) >= 11 is 1.88. The SMILES string of the molecule is CC[n+]1c(C)sc2ccc3ccccc3c21.Cc1ccc(O)cc1S(=O)(=O)[O-]. The molecule has 0 spiro atoms. The number of thiazole rings is 1. The van der Waals surface area contributed by atoms with Gasteiger partial charge in [0, 0.05) is 6.92 Å². The molecular weight excluding hydrogens is 394 g/mol. The average molecular weight is 416 g/mol. The molecule has 0 atom stereocenters. The lowest BCUT2D eigenvalue weighted by molar-refractivity contribution is -0.668. The van der Waals surface area contributed by atoms with E-state index in [4.69, 9.17) is 5.11 Å². The van der Waals surface area contributed by atoms with Gasteiger partial charge in [0.25, 0.3) is 0 Å². The highest BCUT2D eigenvalue weighted by Crippen LogP contribution is 2.27. The molecule has 0 bridgehead atoms. The van der Waals surface area contributed by atoms with E-state index in [1.165, 1.54) is 45.1 Å². The summed E-state index contributed by atoms with van der Waals surface area (Å²) in [7, 11) is -4.47. The molecule has 146 valence electrons.